The van der Waals surface area contributed by atoms with E-state index in [4.69, 9.17) is 9.47 Å². The van der Waals surface area contributed by atoms with Gasteiger partial charge in [0.15, 0.2) is 12.3 Å². The van der Waals surface area contributed by atoms with Crippen LogP contribution >= 0.6 is 0 Å². The molecule has 2 heterocycles. The third kappa shape index (κ3) is 4.20. The Labute approximate surface area is 129 Å². The fraction of sp³-hybridized carbons (Fsp3) is 0.643. The summed E-state index contributed by atoms with van der Waals surface area (Å²) in [5.41, 5.74) is 0.257. The summed E-state index contributed by atoms with van der Waals surface area (Å²) in [4.78, 5) is 25.0. The molecule has 1 unspecified atom stereocenters. The zero-order valence-corrected chi connectivity index (χ0v) is 13.2. The Bertz CT molecular complexity index is 535. The van der Waals surface area contributed by atoms with Gasteiger partial charge in [0.25, 0.3) is 11.8 Å². The SMILES string of the molecule is CN(C)C(=O)COc1cc(C(=O)NCC2CCCO2)nn1C. The summed E-state index contributed by atoms with van der Waals surface area (Å²) in [5, 5.41) is 6.89. The van der Waals surface area contributed by atoms with Gasteiger partial charge >= 0.3 is 0 Å². The van der Waals surface area contributed by atoms with Crippen LogP contribution in [0.5, 0.6) is 5.88 Å². The van der Waals surface area contributed by atoms with Crippen molar-refractivity contribution in [2.45, 2.75) is 18.9 Å². The molecule has 0 radical (unpaired) electrons. The lowest BCUT2D eigenvalue weighted by Crippen LogP contribution is -2.32. The minimum atomic E-state index is -0.278. The molecule has 22 heavy (non-hydrogen) atoms. The molecular weight excluding hydrogens is 288 g/mol. The maximum atomic E-state index is 12.0. The molecule has 2 amide bonds. The van der Waals surface area contributed by atoms with Gasteiger partial charge in [0.1, 0.15) is 0 Å². The van der Waals surface area contributed by atoms with Crippen LogP contribution in [0.3, 0.4) is 0 Å². The van der Waals surface area contributed by atoms with E-state index in [1.807, 2.05) is 0 Å². The quantitative estimate of drug-likeness (QED) is 0.786. The van der Waals surface area contributed by atoms with Crippen LogP contribution in [-0.4, -0.2) is 66.5 Å². The summed E-state index contributed by atoms with van der Waals surface area (Å²) in [5.74, 6) is -0.0667. The van der Waals surface area contributed by atoms with Crippen LogP contribution in [0.4, 0.5) is 0 Å². The van der Waals surface area contributed by atoms with Gasteiger partial charge in [-0.25, -0.2) is 4.68 Å². The number of aryl methyl sites for hydroxylation is 1. The average molecular weight is 310 g/mol. The van der Waals surface area contributed by atoms with E-state index >= 15 is 0 Å². The molecule has 1 saturated heterocycles. The average Bonchev–Trinajstić information content (AvgIpc) is 3.11. The summed E-state index contributed by atoms with van der Waals surface area (Å²) < 4.78 is 12.3. The third-order valence-corrected chi connectivity index (χ3v) is 3.43. The summed E-state index contributed by atoms with van der Waals surface area (Å²) in [6.07, 6.45) is 2.08. The lowest BCUT2D eigenvalue weighted by Gasteiger charge is -2.10. The van der Waals surface area contributed by atoms with Crippen molar-refractivity contribution in [2.24, 2.45) is 7.05 Å². The molecule has 1 aliphatic heterocycles. The Hall–Kier alpha value is -2.09. The van der Waals surface area contributed by atoms with Gasteiger partial charge in [0.05, 0.1) is 6.10 Å². The standard InChI is InChI=1S/C14H22N4O4/c1-17(2)12(19)9-22-13-7-11(16-18(13)3)14(20)15-8-10-5-4-6-21-10/h7,10H,4-6,8-9H2,1-3H3,(H,15,20). The molecule has 0 aliphatic carbocycles. The Morgan fingerprint density at radius 1 is 1.55 bits per heavy atom. The van der Waals surface area contributed by atoms with E-state index in [0.717, 1.165) is 19.4 Å². The molecule has 8 nitrogen and oxygen atoms in total. The highest BCUT2D eigenvalue weighted by Crippen LogP contribution is 2.13. The molecule has 8 heteroatoms. The van der Waals surface area contributed by atoms with Crippen molar-refractivity contribution in [3.63, 3.8) is 0 Å². The third-order valence-electron chi connectivity index (χ3n) is 3.43. The van der Waals surface area contributed by atoms with E-state index in [9.17, 15) is 9.59 Å². The fourth-order valence-corrected chi connectivity index (χ4v) is 2.06. The van der Waals surface area contributed by atoms with Gasteiger partial charge in [-0.2, -0.15) is 5.10 Å². The molecule has 0 saturated carbocycles. The van der Waals surface area contributed by atoms with E-state index in [0.29, 0.717) is 12.4 Å². The second-order valence-corrected chi connectivity index (χ2v) is 5.41. The largest absolute Gasteiger partial charge is 0.468 e. The smallest absolute Gasteiger partial charge is 0.272 e. The number of likely N-dealkylation sites (N-methyl/N-ethyl adjacent to an activating group) is 1. The first-order valence-electron chi connectivity index (χ1n) is 7.24. The maximum Gasteiger partial charge on any atom is 0.272 e. The highest BCUT2D eigenvalue weighted by atomic mass is 16.5. The molecule has 1 atom stereocenters. The summed E-state index contributed by atoms with van der Waals surface area (Å²) >= 11 is 0. The Morgan fingerprint density at radius 2 is 2.32 bits per heavy atom. The van der Waals surface area contributed by atoms with Crippen molar-refractivity contribution in [3.05, 3.63) is 11.8 Å². The van der Waals surface area contributed by atoms with Crippen molar-refractivity contribution in [2.75, 3.05) is 33.9 Å². The van der Waals surface area contributed by atoms with Crippen molar-refractivity contribution in [1.82, 2.24) is 20.0 Å². The molecule has 0 bridgehead atoms. The first-order chi connectivity index (χ1) is 10.5. The van der Waals surface area contributed by atoms with E-state index < -0.39 is 0 Å². The van der Waals surface area contributed by atoms with Crippen LogP contribution in [0.15, 0.2) is 6.07 Å². The zero-order chi connectivity index (χ0) is 16.1. The number of amides is 2. The second kappa shape index (κ2) is 7.26. The van der Waals surface area contributed by atoms with Gasteiger partial charge in [0.2, 0.25) is 5.88 Å². The van der Waals surface area contributed by atoms with Gasteiger partial charge in [-0.1, -0.05) is 0 Å². The number of carbonyl (C=O) groups is 2. The molecule has 1 fully saturated rings. The van der Waals surface area contributed by atoms with Crippen molar-refractivity contribution >= 4 is 11.8 Å². The lowest BCUT2D eigenvalue weighted by atomic mass is 10.2. The summed E-state index contributed by atoms with van der Waals surface area (Å²) in [7, 11) is 4.96. The van der Waals surface area contributed by atoms with Crippen LogP contribution in [0, 0.1) is 0 Å². The van der Waals surface area contributed by atoms with Gasteiger partial charge < -0.3 is 19.7 Å². The van der Waals surface area contributed by atoms with E-state index in [2.05, 4.69) is 10.4 Å². The predicted octanol–water partition coefficient (Wildman–Crippen LogP) is -0.204. The van der Waals surface area contributed by atoms with E-state index in [1.165, 1.54) is 15.6 Å². The van der Waals surface area contributed by atoms with Crippen molar-refractivity contribution < 1.29 is 19.1 Å². The van der Waals surface area contributed by atoms with Crippen molar-refractivity contribution in [3.8, 4) is 5.88 Å². The van der Waals surface area contributed by atoms with Gasteiger partial charge in [-0.15, -0.1) is 0 Å². The number of nitrogens with one attached hydrogen (secondary N) is 1. The summed E-state index contributed by atoms with van der Waals surface area (Å²) in [6.45, 7) is 1.14. The Morgan fingerprint density at radius 3 is 2.95 bits per heavy atom. The first-order valence-corrected chi connectivity index (χ1v) is 7.24. The minimum absolute atomic E-state index is 0.0843. The topological polar surface area (TPSA) is 85.7 Å². The number of rotatable bonds is 6. The van der Waals surface area contributed by atoms with Crippen molar-refractivity contribution in [1.29, 1.82) is 0 Å². The molecule has 2 rings (SSSR count). The number of hydrogen-bond acceptors (Lipinski definition) is 5. The molecular formula is C14H22N4O4. The second-order valence-electron chi connectivity index (χ2n) is 5.41. The number of carbonyl (C=O) groups excluding carboxylic acids is 2. The van der Waals surface area contributed by atoms with Crippen LogP contribution in [0.25, 0.3) is 0 Å². The van der Waals surface area contributed by atoms with E-state index in [-0.39, 0.29) is 30.2 Å². The van der Waals surface area contributed by atoms with Gasteiger partial charge in [-0.3, -0.25) is 9.59 Å². The zero-order valence-electron chi connectivity index (χ0n) is 13.2. The minimum Gasteiger partial charge on any atom is -0.468 e. The molecule has 1 N–H and O–H groups in total. The van der Waals surface area contributed by atoms with E-state index in [1.54, 1.807) is 21.1 Å². The highest BCUT2D eigenvalue weighted by Gasteiger charge is 2.19. The number of aromatic nitrogens is 2. The number of hydrogen-bond donors (Lipinski definition) is 1. The van der Waals surface area contributed by atoms with Crippen LogP contribution in [-0.2, 0) is 16.6 Å². The first kappa shape index (κ1) is 16.3. The molecule has 1 aromatic rings. The molecule has 0 aromatic carbocycles. The normalized spacial score (nSPS) is 17.3. The van der Waals surface area contributed by atoms with Gasteiger partial charge in [-0.05, 0) is 12.8 Å². The fourth-order valence-electron chi connectivity index (χ4n) is 2.06. The van der Waals surface area contributed by atoms with Gasteiger partial charge in [0, 0.05) is 40.4 Å². The maximum absolute atomic E-state index is 12.0. The number of ether oxygens (including phenoxy) is 2. The molecule has 0 spiro atoms. The number of nitrogens with zero attached hydrogens (tertiary/aromatic N) is 3. The van der Waals surface area contributed by atoms with Crippen LogP contribution in [0.1, 0.15) is 23.3 Å². The molecule has 1 aromatic heterocycles. The highest BCUT2D eigenvalue weighted by molar-refractivity contribution is 5.92. The monoisotopic (exact) mass is 310 g/mol. The van der Waals surface area contributed by atoms with Crippen LogP contribution in [0.2, 0.25) is 0 Å². The summed E-state index contributed by atoms with van der Waals surface area (Å²) in [6, 6.07) is 1.52. The Kier molecular flexibility index (Phi) is 5.37. The Balaban J connectivity index is 1.87. The molecule has 1 aliphatic rings. The van der Waals surface area contributed by atoms with Crippen LogP contribution < -0.4 is 10.1 Å². The lowest BCUT2D eigenvalue weighted by molar-refractivity contribution is -0.130. The molecule has 122 valence electrons. The predicted molar refractivity (Wildman–Crippen MR) is 78.7 cm³/mol.